The Bertz CT molecular complexity index is 928. The van der Waals surface area contributed by atoms with Gasteiger partial charge in [-0.3, -0.25) is 9.69 Å². The number of para-hydroxylation sites is 1. The average molecular weight is 440 g/mol. The van der Waals surface area contributed by atoms with Gasteiger partial charge in [0.05, 0.1) is 6.54 Å². The Hall–Kier alpha value is -3.55. The van der Waals surface area contributed by atoms with Crippen LogP contribution < -0.4 is 10.1 Å². The van der Waals surface area contributed by atoms with Crippen LogP contribution in [0.5, 0.6) is 5.75 Å². The minimum absolute atomic E-state index is 0.00795. The number of benzene rings is 2. The lowest BCUT2D eigenvalue weighted by Crippen LogP contribution is -2.63. The molecule has 3 amide bonds. The van der Waals surface area contributed by atoms with Crippen molar-refractivity contribution in [2.45, 2.75) is 39.0 Å². The first-order chi connectivity index (χ1) is 15.2. The van der Waals surface area contributed by atoms with E-state index in [-0.39, 0.29) is 32.1 Å². The fourth-order valence-electron chi connectivity index (χ4n) is 3.30. The first kappa shape index (κ1) is 23.1. The molecule has 0 aromatic heterocycles. The average Bonchev–Trinajstić information content (AvgIpc) is 2.77. The van der Waals surface area contributed by atoms with Crippen molar-refractivity contribution in [3.05, 3.63) is 66.2 Å². The van der Waals surface area contributed by atoms with Gasteiger partial charge in [-0.05, 0) is 38.5 Å². The molecule has 1 atom stereocenters. The predicted molar refractivity (Wildman–Crippen MR) is 119 cm³/mol. The minimum Gasteiger partial charge on any atom is -0.445 e. The van der Waals surface area contributed by atoms with E-state index in [4.69, 9.17) is 9.47 Å². The fourth-order valence-corrected chi connectivity index (χ4v) is 3.30. The quantitative estimate of drug-likeness (QED) is 0.789. The van der Waals surface area contributed by atoms with Gasteiger partial charge in [-0.2, -0.15) is 0 Å². The van der Waals surface area contributed by atoms with E-state index >= 15 is 0 Å². The van der Waals surface area contributed by atoms with Crippen LogP contribution in [0.3, 0.4) is 0 Å². The zero-order chi connectivity index (χ0) is 23.1. The van der Waals surface area contributed by atoms with Gasteiger partial charge in [-0.25, -0.2) is 9.59 Å². The monoisotopic (exact) mass is 439 g/mol. The zero-order valence-electron chi connectivity index (χ0n) is 18.6. The number of hydrogen-bond donors (Lipinski definition) is 1. The van der Waals surface area contributed by atoms with Crippen LogP contribution in [-0.2, 0) is 16.1 Å². The lowest BCUT2D eigenvalue weighted by molar-refractivity contribution is -0.129. The first-order valence-electron chi connectivity index (χ1n) is 10.5. The molecule has 1 fully saturated rings. The van der Waals surface area contributed by atoms with Gasteiger partial charge in [0.15, 0.2) is 0 Å². The lowest BCUT2D eigenvalue weighted by atomic mass is 10.1. The number of piperazine rings is 1. The second kappa shape index (κ2) is 10.2. The predicted octanol–water partition coefficient (Wildman–Crippen LogP) is 3.42. The van der Waals surface area contributed by atoms with E-state index in [1.807, 2.05) is 57.2 Å². The normalized spacial score (nSPS) is 16.3. The third kappa shape index (κ3) is 6.47. The Morgan fingerprint density at radius 2 is 1.56 bits per heavy atom. The van der Waals surface area contributed by atoms with Crippen molar-refractivity contribution in [1.29, 1.82) is 0 Å². The van der Waals surface area contributed by atoms with Crippen LogP contribution in [0.2, 0.25) is 0 Å². The van der Waals surface area contributed by atoms with Gasteiger partial charge in [-0.15, -0.1) is 0 Å². The number of nitrogens with zero attached hydrogens (tertiary/aromatic N) is 2. The summed E-state index contributed by atoms with van der Waals surface area (Å²) >= 11 is 0. The van der Waals surface area contributed by atoms with Crippen LogP contribution in [-0.4, -0.2) is 59.1 Å². The first-order valence-corrected chi connectivity index (χ1v) is 10.5. The van der Waals surface area contributed by atoms with Crippen LogP contribution in [0.25, 0.3) is 0 Å². The molecular weight excluding hydrogens is 410 g/mol. The van der Waals surface area contributed by atoms with Crippen LogP contribution in [0.4, 0.5) is 9.59 Å². The molecule has 1 N–H and O–H groups in total. The highest BCUT2D eigenvalue weighted by Gasteiger charge is 2.39. The molecule has 3 rings (SSSR count). The molecule has 1 heterocycles. The number of carbonyl (C=O) groups excluding carboxylic acids is 3. The van der Waals surface area contributed by atoms with E-state index in [2.05, 4.69) is 5.32 Å². The van der Waals surface area contributed by atoms with Gasteiger partial charge in [0.1, 0.15) is 18.4 Å². The Morgan fingerprint density at radius 3 is 2.19 bits per heavy atom. The van der Waals surface area contributed by atoms with Gasteiger partial charge < -0.3 is 19.7 Å². The van der Waals surface area contributed by atoms with Crippen LogP contribution in [0, 0.1) is 0 Å². The van der Waals surface area contributed by atoms with Gasteiger partial charge in [-0.1, -0.05) is 48.5 Å². The van der Waals surface area contributed by atoms with E-state index in [0.29, 0.717) is 5.75 Å². The fraction of sp³-hybridized carbons (Fsp3) is 0.375. The highest BCUT2D eigenvalue weighted by atomic mass is 16.6. The van der Waals surface area contributed by atoms with Crippen molar-refractivity contribution in [2.24, 2.45) is 0 Å². The summed E-state index contributed by atoms with van der Waals surface area (Å²) < 4.78 is 10.8. The van der Waals surface area contributed by atoms with Crippen molar-refractivity contribution < 1.29 is 23.9 Å². The molecule has 0 radical (unpaired) electrons. The number of ether oxygens (including phenoxy) is 2. The van der Waals surface area contributed by atoms with Crippen molar-refractivity contribution in [2.75, 3.05) is 19.6 Å². The molecule has 1 saturated heterocycles. The smallest absolute Gasteiger partial charge is 0.415 e. The molecule has 170 valence electrons. The molecule has 0 spiro atoms. The molecule has 0 unspecified atom stereocenters. The lowest BCUT2D eigenvalue weighted by Gasteiger charge is -2.40. The summed E-state index contributed by atoms with van der Waals surface area (Å²) in [4.78, 5) is 41.2. The zero-order valence-corrected chi connectivity index (χ0v) is 18.6. The maximum Gasteiger partial charge on any atom is 0.415 e. The standard InChI is InChI=1S/C24H29N3O5/c1-24(2,3)25-21(28)20-16-26(22(29)32-19-12-8-5-9-13-19)14-15-27(20)23(30)31-17-18-10-6-4-7-11-18/h4-13,20H,14-17H2,1-3H3,(H,25,28)/t20-/m0/s1. The summed E-state index contributed by atoms with van der Waals surface area (Å²) in [5.74, 6) is 0.0595. The molecule has 8 heteroatoms. The third-order valence-electron chi connectivity index (χ3n) is 4.83. The summed E-state index contributed by atoms with van der Waals surface area (Å²) in [5.41, 5.74) is 0.352. The summed E-state index contributed by atoms with van der Waals surface area (Å²) in [6.07, 6.45) is -1.17. The largest absolute Gasteiger partial charge is 0.445 e. The van der Waals surface area contributed by atoms with Crippen molar-refractivity contribution in [1.82, 2.24) is 15.1 Å². The molecule has 0 saturated carbocycles. The summed E-state index contributed by atoms with van der Waals surface area (Å²) in [7, 11) is 0. The van der Waals surface area contributed by atoms with E-state index in [1.54, 1.807) is 24.3 Å². The van der Waals surface area contributed by atoms with Crippen molar-refractivity contribution in [3.63, 3.8) is 0 Å². The Labute approximate surface area is 188 Å². The molecule has 0 aliphatic carbocycles. The van der Waals surface area contributed by atoms with Crippen LogP contribution >= 0.6 is 0 Å². The maximum atomic E-state index is 13.0. The van der Waals surface area contributed by atoms with Crippen LogP contribution in [0.1, 0.15) is 26.3 Å². The molecule has 1 aliphatic rings. The Balaban J connectivity index is 1.69. The van der Waals surface area contributed by atoms with Gasteiger partial charge in [0.25, 0.3) is 0 Å². The molecule has 0 bridgehead atoms. The molecule has 1 aliphatic heterocycles. The SMILES string of the molecule is CC(C)(C)NC(=O)[C@@H]1CN(C(=O)Oc2ccccc2)CCN1C(=O)OCc1ccccc1. The van der Waals surface area contributed by atoms with Gasteiger partial charge >= 0.3 is 12.2 Å². The molecule has 8 nitrogen and oxygen atoms in total. The number of amides is 3. The van der Waals surface area contributed by atoms with Crippen molar-refractivity contribution >= 4 is 18.1 Å². The summed E-state index contributed by atoms with van der Waals surface area (Å²) in [6, 6.07) is 17.1. The van der Waals surface area contributed by atoms with E-state index in [0.717, 1.165) is 5.56 Å². The summed E-state index contributed by atoms with van der Waals surface area (Å²) in [6.45, 7) is 6.05. The third-order valence-corrected chi connectivity index (χ3v) is 4.83. The van der Waals surface area contributed by atoms with Gasteiger partial charge in [0.2, 0.25) is 5.91 Å². The number of rotatable bonds is 4. The molecule has 2 aromatic carbocycles. The molecule has 2 aromatic rings. The number of carbonyl (C=O) groups is 3. The van der Waals surface area contributed by atoms with Gasteiger partial charge in [0, 0.05) is 18.6 Å². The van der Waals surface area contributed by atoms with E-state index < -0.39 is 23.8 Å². The second-order valence-corrected chi connectivity index (χ2v) is 8.62. The topological polar surface area (TPSA) is 88.2 Å². The summed E-state index contributed by atoms with van der Waals surface area (Å²) in [5, 5.41) is 2.89. The highest BCUT2D eigenvalue weighted by Crippen LogP contribution is 2.17. The minimum atomic E-state index is -0.894. The Morgan fingerprint density at radius 1 is 0.938 bits per heavy atom. The number of hydrogen-bond acceptors (Lipinski definition) is 5. The molecule has 32 heavy (non-hydrogen) atoms. The molecular formula is C24H29N3O5. The highest BCUT2D eigenvalue weighted by molar-refractivity contribution is 5.87. The van der Waals surface area contributed by atoms with Crippen molar-refractivity contribution in [3.8, 4) is 5.75 Å². The van der Waals surface area contributed by atoms with Crippen LogP contribution in [0.15, 0.2) is 60.7 Å². The Kier molecular flexibility index (Phi) is 7.35. The maximum absolute atomic E-state index is 13.0. The van der Waals surface area contributed by atoms with E-state index in [1.165, 1.54) is 9.80 Å². The second-order valence-electron chi connectivity index (χ2n) is 8.62. The van der Waals surface area contributed by atoms with E-state index in [9.17, 15) is 14.4 Å². The number of nitrogens with one attached hydrogen (secondary N) is 1.